The van der Waals surface area contributed by atoms with Crippen LogP contribution in [0, 0.1) is 0 Å². The van der Waals surface area contributed by atoms with E-state index in [0.29, 0.717) is 5.56 Å². The van der Waals surface area contributed by atoms with Crippen molar-refractivity contribution < 1.29 is 23.9 Å². The van der Waals surface area contributed by atoms with E-state index in [4.69, 9.17) is 9.47 Å². The van der Waals surface area contributed by atoms with Gasteiger partial charge in [0.2, 0.25) is 12.0 Å². The molecule has 4 rings (SSSR count). The zero-order chi connectivity index (χ0) is 28.0. The molecule has 204 valence electrons. The summed E-state index contributed by atoms with van der Waals surface area (Å²) >= 11 is 0. The van der Waals surface area contributed by atoms with Crippen molar-refractivity contribution in [3.8, 4) is 0 Å². The van der Waals surface area contributed by atoms with E-state index in [1.807, 2.05) is 81.4 Å². The maximum atomic E-state index is 13.9. The smallest absolute Gasteiger partial charge is 0.408 e. The number of alkyl carbamates (subject to hydrolysis) is 1. The number of rotatable bonds is 6. The van der Waals surface area contributed by atoms with Gasteiger partial charge in [-0.05, 0) is 31.9 Å². The zero-order valence-electron chi connectivity index (χ0n) is 22.7. The number of benzene rings is 3. The summed E-state index contributed by atoms with van der Waals surface area (Å²) in [4.78, 5) is 42.0. The molecule has 8 heteroatoms. The van der Waals surface area contributed by atoms with E-state index in [-0.39, 0.29) is 18.6 Å². The molecule has 1 aliphatic heterocycles. The molecule has 8 nitrogen and oxygen atoms in total. The van der Waals surface area contributed by atoms with Gasteiger partial charge in [0.15, 0.2) is 0 Å². The van der Waals surface area contributed by atoms with Gasteiger partial charge in [0, 0.05) is 18.2 Å². The zero-order valence-corrected chi connectivity index (χ0v) is 22.7. The standard InChI is InChI=1S/C31H35N3O5/c1-31(2,3)33-30(37)39-27(23-18-12-7-13-19-23)28(35)32-25-26(22-16-10-6-11-17-22)38-20-24(34(4)29(25)36)21-14-8-5-9-15-21/h5-19,24-27H,20H2,1-4H3,(H,32,35)(H,33,37)/t24-,25-,26+,27?/m1/s1. The van der Waals surface area contributed by atoms with Crippen LogP contribution in [-0.2, 0) is 19.1 Å². The topological polar surface area (TPSA) is 97.0 Å². The Hall–Kier alpha value is -4.17. The van der Waals surface area contributed by atoms with Gasteiger partial charge < -0.3 is 25.0 Å². The number of ether oxygens (including phenoxy) is 2. The number of carbonyl (C=O) groups excluding carboxylic acids is 3. The fourth-order valence-electron chi connectivity index (χ4n) is 4.54. The third kappa shape index (κ3) is 7.03. The number of nitrogens with zero attached hydrogens (tertiary/aromatic N) is 1. The van der Waals surface area contributed by atoms with Crippen LogP contribution in [0.5, 0.6) is 0 Å². The molecule has 0 aromatic heterocycles. The van der Waals surface area contributed by atoms with E-state index in [0.717, 1.165) is 11.1 Å². The summed E-state index contributed by atoms with van der Waals surface area (Å²) in [7, 11) is 1.71. The van der Waals surface area contributed by atoms with Crippen molar-refractivity contribution in [3.63, 3.8) is 0 Å². The molecule has 1 aliphatic rings. The highest BCUT2D eigenvalue weighted by atomic mass is 16.6. The molecule has 2 N–H and O–H groups in total. The van der Waals surface area contributed by atoms with Gasteiger partial charge in [-0.2, -0.15) is 0 Å². The average Bonchev–Trinajstić information content (AvgIpc) is 3.04. The summed E-state index contributed by atoms with van der Waals surface area (Å²) in [6.07, 6.45) is -2.77. The normalized spacial score (nSPS) is 20.5. The van der Waals surface area contributed by atoms with Gasteiger partial charge in [-0.1, -0.05) is 91.0 Å². The van der Waals surface area contributed by atoms with Gasteiger partial charge in [-0.25, -0.2) is 4.79 Å². The second-order valence-electron chi connectivity index (χ2n) is 10.6. The second kappa shape index (κ2) is 12.1. The summed E-state index contributed by atoms with van der Waals surface area (Å²) < 4.78 is 12.0. The SMILES string of the molecule is CN1C(=O)[C@H](NC(=O)C(OC(=O)NC(C)(C)C)c2ccccc2)[C@H](c2ccccc2)OC[C@@H]1c1ccccc1. The molecule has 0 saturated carbocycles. The largest absolute Gasteiger partial charge is 0.431 e. The quantitative estimate of drug-likeness (QED) is 0.482. The maximum absolute atomic E-state index is 13.9. The van der Waals surface area contributed by atoms with Crippen molar-refractivity contribution >= 4 is 17.9 Å². The van der Waals surface area contributed by atoms with Crippen LogP contribution in [0.15, 0.2) is 91.0 Å². The third-order valence-corrected chi connectivity index (χ3v) is 6.47. The molecule has 4 atom stereocenters. The molecule has 3 aromatic carbocycles. The van der Waals surface area contributed by atoms with E-state index in [1.165, 1.54) is 0 Å². The van der Waals surface area contributed by atoms with Gasteiger partial charge >= 0.3 is 6.09 Å². The number of likely N-dealkylation sites (N-methyl/N-ethyl adjacent to an activating group) is 1. The van der Waals surface area contributed by atoms with E-state index < -0.39 is 35.8 Å². The number of carbonyl (C=O) groups is 3. The van der Waals surface area contributed by atoms with E-state index >= 15 is 0 Å². The average molecular weight is 530 g/mol. The fourth-order valence-corrected chi connectivity index (χ4v) is 4.54. The van der Waals surface area contributed by atoms with Crippen molar-refractivity contribution in [2.24, 2.45) is 0 Å². The fraction of sp³-hybridized carbons (Fsp3) is 0.323. The Balaban J connectivity index is 1.66. The van der Waals surface area contributed by atoms with Crippen LogP contribution in [0.3, 0.4) is 0 Å². The van der Waals surface area contributed by atoms with Crippen molar-refractivity contribution in [2.45, 2.75) is 50.6 Å². The Kier molecular flexibility index (Phi) is 8.66. The van der Waals surface area contributed by atoms with Crippen molar-refractivity contribution in [1.29, 1.82) is 0 Å². The minimum absolute atomic E-state index is 0.241. The van der Waals surface area contributed by atoms with E-state index in [1.54, 1.807) is 42.3 Å². The van der Waals surface area contributed by atoms with Crippen molar-refractivity contribution in [3.05, 3.63) is 108 Å². The number of nitrogens with one attached hydrogen (secondary N) is 2. The molecule has 1 fully saturated rings. The molecule has 39 heavy (non-hydrogen) atoms. The van der Waals surface area contributed by atoms with E-state index in [9.17, 15) is 14.4 Å². The van der Waals surface area contributed by atoms with Gasteiger partial charge in [0.25, 0.3) is 5.91 Å². The van der Waals surface area contributed by atoms with Crippen LogP contribution >= 0.6 is 0 Å². The first kappa shape index (κ1) is 27.9. The monoisotopic (exact) mass is 529 g/mol. The highest BCUT2D eigenvalue weighted by Crippen LogP contribution is 2.32. The maximum Gasteiger partial charge on any atom is 0.408 e. The number of hydrogen-bond acceptors (Lipinski definition) is 5. The highest BCUT2D eigenvalue weighted by Gasteiger charge is 2.41. The third-order valence-electron chi connectivity index (χ3n) is 6.47. The summed E-state index contributed by atoms with van der Waals surface area (Å²) in [5, 5.41) is 5.59. The summed E-state index contributed by atoms with van der Waals surface area (Å²) in [5.74, 6) is -0.936. The second-order valence-corrected chi connectivity index (χ2v) is 10.6. The van der Waals surface area contributed by atoms with Crippen LogP contribution in [0.25, 0.3) is 0 Å². The highest BCUT2D eigenvalue weighted by molar-refractivity contribution is 5.91. The molecule has 0 bridgehead atoms. The van der Waals surface area contributed by atoms with Gasteiger partial charge in [0.1, 0.15) is 12.1 Å². The Morgan fingerprint density at radius 1 is 0.897 bits per heavy atom. The molecule has 0 radical (unpaired) electrons. The van der Waals surface area contributed by atoms with Crippen molar-refractivity contribution in [2.75, 3.05) is 13.7 Å². The van der Waals surface area contributed by atoms with Gasteiger partial charge in [-0.3, -0.25) is 9.59 Å². The predicted molar refractivity (Wildman–Crippen MR) is 148 cm³/mol. The summed E-state index contributed by atoms with van der Waals surface area (Å²) in [5.41, 5.74) is 1.60. The molecule has 1 unspecified atom stereocenters. The lowest BCUT2D eigenvalue weighted by molar-refractivity contribution is -0.140. The Labute approximate surface area is 229 Å². The lowest BCUT2D eigenvalue weighted by Crippen LogP contribution is -2.51. The molecule has 3 aromatic rings. The van der Waals surface area contributed by atoms with Crippen LogP contribution in [0.1, 0.15) is 55.7 Å². The predicted octanol–water partition coefficient (Wildman–Crippen LogP) is 4.71. The minimum atomic E-state index is -1.28. The number of hydrogen-bond donors (Lipinski definition) is 2. The van der Waals surface area contributed by atoms with Crippen LogP contribution in [0.2, 0.25) is 0 Å². The lowest BCUT2D eigenvalue weighted by Gasteiger charge is -2.30. The summed E-state index contributed by atoms with van der Waals surface area (Å²) in [6, 6.07) is 26.3. The minimum Gasteiger partial charge on any atom is -0.431 e. The number of amides is 3. The molecule has 0 aliphatic carbocycles. The van der Waals surface area contributed by atoms with Crippen molar-refractivity contribution in [1.82, 2.24) is 15.5 Å². The molecule has 1 heterocycles. The first-order valence-corrected chi connectivity index (χ1v) is 13.0. The molecule has 1 saturated heterocycles. The summed E-state index contributed by atoms with van der Waals surface area (Å²) in [6.45, 7) is 5.69. The van der Waals surface area contributed by atoms with Gasteiger partial charge in [0.05, 0.1) is 12.6 Å². The first-order chi connectivity index (χ1) is 18.6. The van der Waals surface area contributed by atoms with Gasteiger partial charge in [-0.15, -0.1) is 0 Å². The van der Waals surface area contributed by atoms with Crippen LogP contribution in [-0.4, -0.2) is 48.0 Å². The molecule has 3 amide bonds. The Bertz CT molecular complexity index is 1260. The molecule has 0 spiro atoms. The Morgan fingerprint density at radius 3 is 2.00 bits per heavy atom. The molecular formula is C31H35N3O5. The first-order valence-electron chi connectivity index (χ1n) is 13.0. The van der Waals surface area contributed by atoms with E-state index in [2.05, 4.69) is 10.6 Å². The Morgan fingerprint density at radius 2 is 1.44 bits per heavy atom. The lowest BCUT2D eigenvalue weighted by atomic mass is 10.00. The van der Waals surface area contributed by atoms with Crippen LogP contribution in [0.4, 0.5) is 4.79 Å². The molecular weight excluding hydrogens is 494 g/mol. The van der Waals surface area contributed by atoms with Crippen LogP contribution < -0.4 is 10.6 Å².